The molecule has 2 amide bonds. The molecule has 4 rings (SSSR count). The van der Waals surface area contributed by atoms with Crippen molar-refractivity contribution in [2.24, 2.45) is 0 Å². The Bertz CT molecular complexity index is 930. The van der Waals surface area contributed by atoms with Crippen LogP contribution in [-0.4, -0.2) is 52.5 Å². The number of aromatic amines is 1. The van der Waals surface area contributed by atoms with Gasteiger partial charge in [0.25, 0.3) is 0 Å². The first kappa shape index (κ1) is 17.6. The van der Waals surface area contributed by atoms with E-state index in [1.165, 1.54) is 4.90 Å². The highest BCUT2D eigenvalue weighted by Gasteiger charge is 2.35. The van der Waals surface area contributed by atoms with Gasteiger partial charge in [0.05, 0.1) is 0 Å². The minimum absolute atomic E-state index is 0.100. The number of aromatic nitrogens is 2. The summed E-state index contributed by atoms with van der Waals surface area (Å²) in [4.78, 5) is 33.6. The molecule has 6 nitrogen and oxygen atoms in total. The van der Waals surface area contributed by atoms with Gasteiger partial charge in [0, 0.05) is 30.7 Å². The molecule has 0 aromatic carbocycles. The van der Waals surface area contributed by atoms with E-state index in [9.17, 15) is 22.8 Å². The minimum atomic E-state index is -4.52. The number of nitrogens with one attached hydrogen (secondary N) is 1. The first-order valence-corrected chi connectivity index (χ1v) is 8.61. The van der Waals surface area contributed by atoms with Crippen LogP contribution in [0.1, 0.15) is 24.8 Å². The zero-order valence-electron chi connectivity index (χ0n) is 14.3. The number of hydrogen-bond donors (Lipinski definition) is 1. The summed E-state index contributed by atoms with van der Waals surface area (Å²) in [5.74, 6) is -0.445. The monoisotopic (exact) mass is 378 g/mol. The van der Waals surface area contributed by atoms with E-state index in [4.69, 9.17) is 0 Å². The van der Waals surface area contributed by atoms with E-state index < -0.39 is 18.5 Å². The van der Waals surface area contributed by atoms with Gasteiger partial charge in [-0.2, -0.15) is 13.2 Å². The summed E-state index contributed by atoms with van der Waals surface area (Å²) >= 11 is 0. The number of fused-ring (bicyclic) bond motifs is 1. The molecule has 9 heteroatoms. The van der Waals surface area contributed by atoms with Gasteiger partial charge in [0.15, 0.2) is 0 Å². The third-order valence-corrected chi connectivity index (χ3v) is 4.80. The zero-order valence-corrected chi connectivity index (χ0v) is 14.3. The fourth-order valence-electron chi connectivity index (χ4n) is 3.33. The summed E-state index contributed by atoms with van der Waals surface area (Å²) in [6, 6.07) is 3.73. The van der Waals surface area contributed by atoms with Crippen molar-refractivity contribution >= 4 is 34.7 Å². The molecule has 1 N–H and O–H groups in total. The highest BCUT2D eigenvalue weighted by Crippen LogP contribution is 2.35. The van der Waals surface area contributed by atoms with Crippen LogP contribution in [0.3, 0.4) is 0 Å². The molecule has 27 heavy (non-hydrogen) atoms. The molecule has 2 aliphatic rings. The van der Waals surface area contributed by atoms with Crippen molar-refractivity contribution in [2.75, 3.05) is 18.0 Å². The molecule has 0 unspecified atom stereocenters. The fraction of sp³-hybridized carbons (Fsp3) is 0.389. The number of carbonyl (C=O) groups is 2. The van der Waals surface area contributed by atoms with Crippen LogP contribution in [0.4, 0.5) is 19.0 Å². The number of H-pyrrole nitrogens is 1. The van der Waals surface area contributed by atoms with Gasteiger partial charge in [-0.05, 0) is 36.1 Å². The number of hydrogen-bond acceptors (Lipinski definition) is 3. The topological polar surface area (TPSA) is 69.3 Å². The summed E-state index contributed by atoms with van der Waals surface area (Å²) in [6.07, 6.45) is 0.0718. The Morgan fingerprint density at radius 2 is 2.19 bits per heavy atom. The SMILES string of the molecule is O=CN(c1cc(C2=CCN(C(=O)CC(F)(F)F)C2)c2cc[nH]c2n1)C1CC1. The van der Waals surface area contributed by atoms with Gasteiger partial charge >= 0.3 is 6.18 Å². The van der Waals surface area contributed by atoms with Crippen molar-refractivity contribution in [1.82, 2.24) is 14.9 Å². The molecule has 0 atom stereocenters. The number of alkyl halides is 3. The first-order chi connectivity index (χ1) is 12.9. The number of halogens is 3. The molecule has 2 aromatic rings. The lowest BCUT2D eigenvalue weighted by Gasteiger charge is -2.19. The van der Waals surface area contributed by atoms with E-state index in [1.54, 1.807) is 23.2 Å². The van der Waals surface area contributed by atoms with Crippen molar-refractivity contribution in [2.45, 2.75) is 31.5 Å². The Balaban J connectivity index is 1.63. The molecular formula is C18H17F3N4O2. The van der Waals surface area contributed by atoms with E-state index in [0.717, 1.165) is 35.8 Å². The third kappa shape index (κ3) is 3.54. The van der Waals surface area contributed by atoms with Crippen LogP contribution >= 0.6 is 0 Å². The Morgan fingerprint density at radius 1 is 1.41 bits per heavy atom. The van der Waals surface area contributed by atoms with Crippen molar-refractivity contribution in [1.29, 1.82) is 0 Å². The Morgan fingerprint density at radius 3 is 2.85 bits per heavy atom. The Labute approximate surface area is 152 Å². The summed E-state index contributed by atoms with van der Waals surface area (Å²) in [7, 11) is 0. The van der Waals surface area contributed by atoms with Crippen LogP contribution in [0.25, 0.3) is 16.6 Å². The first-order valence-electron chi connectivity index (χ1n) is 8.61. The summed E-state index contributed by atoms with van der Waals surface area (Å²) < 4.78 is 37.5. The minimum Gasteiger partial charge on any atom is -0.346 e. The van der Waals surface area contributed by atoms with Crippen LogP contribution in [0, 0.1) is 0 Å². The van der Waals surface area contributed by atoms with Crippen molar-refractivity contribution in [3.8, 4) is 0 Å². The van der Waals surface area contributed by atoms with Crippen LogP contribution in [0.2, 0.25) is 0 Å². The lowest BCUT2D eigenvalue weighted by Crippen LogP contribution is -2.32. The fourth-order valence-corrected chi connectivity index (χ4v) is 3.33. The second kappa shape index (κ2) is 6.40. The second-order valence-corrected chi connectivity index (χ2v) is 6.81. The number of nitrogens with zero attached hydrogens (tertiary/aromatic N) is 3. The van der Waals surface area contributed by atoms with E-state index in [-0.39, 0.29) is 19.1 Å². The molecule has 1 fully saturated rings. The Kier molecular flexibility index (Phi) is 4.16. The standard InChI is InChI=1S/C18H17F3N4O2/c19-18(20,21)8-16(27)24-6-4-11(9-24)14-7-15(25(10-26)12-1-2-12)23-17-13(14)3-5-22-17/h3-5,7,10,12H,1-2,6,8-9H2,(H,22,23). The summed E-state index contributed by atoms with van der Waals surface area (Å²) in [5, 5.41) is 0.803. The maximum atomic E-state index is 12.5. The molecule has 142 valence electrons. The highest BCUT2D eigenvalue weighted by atomic mass is 19.4. The number of carbonyl (C=O) groups excluding carboxylic acids is 2. The molecule has 3 heterocycles. The molecule has 1 saturated carbocycles. The van der Waals surface area contributed by atoms with Crippen LogP contribution in [0.15, 0.2) is 24.4 Å². The largest absolute Gasteiger partial charge is 0.397 e. The van der Waals surface area contributed by atoms with Gasteiger partial charge in [-0.1, -0.05) is 6.08 Å². The maximum absolute atomic E-state index is 12.5. The third-order valence-electron chi connectivity index (χ3n) is 4.80. The molecule has 1 aliphatic carbocycles. The molecule has 0 saturated heterocycles. The lowest BCUT2D eigenvalue weighted by atomic mass is 10.0. The summed E-state index contributed by atoms with van der Waals surface area (Å²) in [5.41, 5.74) is 2.11. The molecule has 0 spiro atoms. The smallest absolute Gasteiger partial charge is 0.346 e. The maximum Gasteiger partial charge on any atom is 0.397 e. The van der Waals surface area contributed by atoms with E-state index >= 15 is 0 Å². The second-order valence-electron chi connectivity index (χ2n) is 6.81. The zero-order chi connectivity index (χ0) is 19.2. The molecule has 2 aromatic heterocycles. The van der Waals surface area contributed by atoms with Crippen molar-refractivity contribution in [3.63, 3.8) is 0 Å². The van der Waals surface area contributed by atoms with Gasteiger partial charge in [0.1, 0.15) is 17.9 Å². The van der Waals surface area contributed by atoms with Crippen molar-refractivity contribution in [3.05, 3.63) is 30.0 Å². The predicted molar refractivity (Wildman–Crippen MR) is 92.9 cm³/mol. The van der Waals surface area contributed by atoms with Crippen LogP contribution < -0.4 is 4.90 Å². The van der Waals surface area contributed by atoms with Crippen molar-refractivity contribution < 1.29 is 22.8 Å². The van der Waals surface area contributed by atoms with E-state index in [0.29, 0.717) is 11.5 Å². The molecular weight excluding hydrogens is 361 g/mol. The average molecular weight is 378 g/mol. The highest BCUT2D eigenvalue weighted by molar-refractivity contribution is 5.95. The normalized spacial score (nSPS) is 17.3. The molecule has 0 radical (unpaired) electrons. The summed E-state index contributed by atoms with van der Waals surface area (Å²) in [6.45, 7) is 0.233. The Hall–Kier alpha value is -2.84. The van der Waals surface area contributed by atoms with Gasteiger partial charge in [0.2, 0.25) is 12.3 Å². The van der Waals surface area contributed by atoms with Gasteiger partial charge in [-0.15, -0.1) is 0 Å². The number of pyridine rings is 1. The van der Waals surface area contributed by atoms with Gasteiger partial charge in [-0.3, -0.25) is 14.5 Å². The molecule has 0 bridgehead atoms. The number of amides is 2. The number of anilines is 1. The van der Waals surface area contributed by atoms with Crippen LogP contribution in [-0.2, 0) is 9.59 Å². The lowest BCUT2D eigenvalue weighted by molar-refractivity contribution is -0.160. The van der Waals surface area contributed by atoms with Crippen LogP contribution in [0.5, 0.6) is 0 Å². The van der Waals surface area contributed by atoms with Gasteiger partial charge in [-0.25, -0.2) is 4.98 Å². The van der Waals surface area contributed by atoms with E-state index in [1.807, 2.05) is 6.07 Å². The average Bonchev–Trinajstić information content (AvgIpc) is 3.11. The van der Waals surface area contributed by atoms with E-state index in [2.05, 4.69) is 9.97 Å². The number of rotatable bonds is 5. The van der Waals surface area contributed by atoms with Gasteiger partial charge < -0.3 is 9.88 Å². The predicted octanol–water partition coefficient (Wildman–Crippen LogP) is 2.87. The quantitative estimate of drug-likeness (QED) is 0.814. The molecule has 1 aliphatic heterocycles.